The van der Waals surface area contributed by atoms with E-state index in [4.69, 9.17) is 0 Å². The standard InChI is InChI=1S/C25H22N6O2/c32-24(30-31-25(33)23-14-22(28-29-23)16-7-2-1-3-8-16)19-13-21(17-9-6-12-26-15-17)27-20-11-5-4-10-18(19)20/h1-13,15,22-23,28-29H,14H2,(H,30,32)(H,31,33). The van der Waals surface area contributed by atoms with Gasteiger partial charge in [0, 0.05) is 29.4 Å². The highest BCUT2D eigenvalue weighted by molar-refractivity contribution is 6.07. The number of hydrogen-bond acceptors (Lipinski definition) is 6. The van der Waals surface area contributed by atoms with E-state index in [-0.39, 0.29) is 11.9 Å². The van der Waals surface area contributed by atoms with Gasteiger partial charge in [-0.25, -0.2) is 15.8 Å². The van der Waals surface area contributed by atoms with Crippen molar-refractivity contribution in [1.82, 2.24) is 31.7 Å². The Morgan fingerprint density at radius 2 is 1.73 bits per heavy atom. The molecule has 0 bridgehead atoms. The number of pyridine rings is 2. The van der Waals surface area contributed by atoms with Gasteiger partial charge < -0.3 is 0 Å². The van der Waals surface area contributed by atoms with Crippen LogP contribution >= 0.6 is 0 Å². The van der Waals surface area contributed by atoms with E-state index < -0.39 is 11.9 Å². The number of para-hydroxylation sites is 1. The lowest BCUT2D eigenvalue weighted by atomic mass is 10.0. The molecule has 4 N–H and O–H groups in total. The third-order valence-electron chi connectivity index (χ3n) is 5.64. The van der Waals surface area contributed by atoms with Crippen molar-refractivity contribution in [3.05, 3.63) is 96.3 Å². The molecule has 33 heavy (non-hydrogen) atoms. The van der Waals surface area contributed by atoms with Crippen LogP contribution < -0.4 is 21.7 Å². The molecule has 8 nitrogen and oxygen atoms in total. The fraction of sp³-hybridized carbons (Fsp3) is 0.120. The second-order valence-electron chi connectivity index (χ2n) is 7.80. The van der Waals surface area contributed by atoms with Crippen LogP contribution in [0.15, 0.2) is 85.2 Å². The van der Waals surface area contributed by atoms with Crippen LogP contribution in [0.5, 0.6) is 0 Å². The van der Waals surface area contributed by atoms with E-state index in [2.05, 4.69) is 31.7 Å². The van der Waals surface area contributed by atoms with Crippen LogP contribution in [0.1, 0.15) is 28.4 Å². The Labute approximate surface area is 190 Å². The van der Waals surface area contributed by atoms with Crippen molar-refractivity contribution in [1.29, 1.82) is 0 Å². The molecule has 2 aromatic carbocycles. The normalized spacial score (nSPS) is 17.6. The van der Waals surface area contributed by atoms with Gasteiger partial charge in [0.05, 0.1) is 16.8 Å². The topological polar surface area (TPSA) is 108 Å². The molecule has 0 saturated carbocycles. The predicted molar refractivity (Wildman–Crippen MR) is 124 cm³/mol. The van der Waals surface area contributed by atoms with Gasteiger partial charge in [0.1, 0.15) is 6.04 Å². The molecular formula is C25H22N6O2. The molecule has 0 aliphatic carbocycles. The molecule has 1 aliphatic rings. The van der Waals surface area contributed by atoms with Gasteiger partial charge in [-0.3, -0.25) is 25.4 Å². The predicted octanol–water partition coefficient (Wildman–Crippen LogP) is 2.67. The Kier molecular flexibility index (Phi) is 5.75. The third-order valence-corrected chi connectivity index (χ3v) is 5.64. The first-order valence-electron chi connectivity index (χ1n) is 10.7. The van der Waals surface area contributed by atoms with Crippen LogP contribution in [0, 0.1) is 0 Å². The lowest BCUT2D eigenvalue weighted by Gasteiger charge is -2.13. The van der Waals surface area contributed by atoms with E-state index in [1.807, 2.05) is 66.7 Å². The van der Waals surface area contributed by atoms with E-state index in [1.54, 1.807) is 18.5 Å². The second kappa shape index (κ2) is 9.15. The molecular weight excluding hydrogens is 416 g/mol. The molecule has 1 fully saturated rings. The zero-order chi connectivity index (χ0) is 22.6. The SMILES string of the molecule is O=C(NNC(=O)C1CC(c2ccccc2)NN1)c1cc(-c2cccnc2)nc2ccccc12. The number of carbonyl (C=O) groups is 2. The summed E-state index contributed by atoms with van der Waals surface area (Å²) in [5.41, 5.74) is 14.9. The van der Waals surface area contributed by atoms with Crippen LogP contribution in [-0.4, -0.2) is 27.8 Å². The summed E-state index contributed by atoms with van der Waals surface area (Å²) in [5.74, 6) is -0.738. The molecule has 164 valence electrons. The van der Waals surface area contributed by atoms with Crippen LogP contribution in [0.25, 0.3) is 22.2 Å². The first-order valence-corrected chi connectivity index (χ1v) is 10.7. The van der Waals surface area contributed by atoms with Crippen LogP contribution in [0.3, 0.4) is 0 Å². The molecule has 1 aliphatic heterocycles. The van der Waals surface area contributed by atoms with Crippen molar-refractivity contribution in [2.75, 3.05) is 0 Å². The van der Waals surface area contributed by atoms with Gasteiger partial charge in [-0.05, 0) is 36.2 Å². The fourth-order valence-corrected chi connectivity index (χ4v) is 3.93. The van der Waals surface area contributed by atoms with Crippen molar-refractivity contribution >= 4 is 22.7 Å². The minimum Gasteiger partial charge on any atom is -0.271 e. The Balaban J connectivity index is 1.31. The van der Waals surface area contributed by atoms with Crippen LogP contribution in [0.2, 0.25) is 0 Å². The number of aromatic nitrogens is 2. The van der Waals surface area contributed by atoms with E-state index in [9.17, 15) is 9.59 Å². The fourth-order valence-electron chi connectivity index (χ4n) is 3.93. The minimum absolute atomic E-state index is 0.0174. The molecule has 0 radical (unpaired) electrons. The van der Waals surface area contributed by atoms with Gasteiger partial charge >= 0.3 is 0 Å². The van der Waals surface area contributed by atoms with Crippen LogP contribution in [0.4, 0.5) is 0 Å². The van der Waals surface area contributed by atoms with Gasteiger partial charge in [-0.15, -0.1) is 0 Å². The highest BCUT2D eigenvalue weighted by Crippen LogP contribution is 2.24. The monoisotopic (exact) mass is 438 g/mol. The summed E-state index contributed by atoms with van der Waals surface area (Å²) in [6, 6.07) is 22.2. The molecule has 8 heteroatoms. The Morgan fingerprint density at radius 3 is 2.55 bits per heavy atom. The highest BCUT2D eigenvalue weighted by Gasteiger charge is 2.30. The Bertz CT molecular complexity index is 1300. The number of hydrogen-bond donors (Lipinski definition) is 4. The first kappa shape index (κ1) is 20.7. The maximum atomic E-state index is 13.0. The number of benzene rings is 2. The smallest absolute Gasteiger partial charge is 0.270 e. The summed E-state index contributed by atoms with van der Waals surface area (Å²) >= 11 is 0. The van der Waals surface area contributed by atoms with E-state index in [0.717, 1.165) is 11.1 Å². The lowest BCUT2D eigenvalue weighted by molar-refractivity contribution is -0.123. The van der Waals surface area contributed by atoms with Gasteiger partial charge in [-0.2, -0.15) is 0 Å². The van der Waals surface area contributed by atoms with Crippen molar-refractivity contribution in [2.45, 2.75) is 18.5 Å². The van der Waals surface area contributed by atoms with Gasteiger partial charge in [0.15, 0.2) is 0 Å². The largest absolute Gasteiger partial charge is 0.271 e. The summed E-state index contributed by atoms with van der Waals surface area (Å²) in [6.45, 7) is 0. The maximum absolute atomic E-state index is 13.0. The summed E-state index contributed by atoms with van der Waals surface area (Å²) in [6.07, 6.45) is 3.94. The number of amides is 2. The quantitative estimate of drug-likeness (QED) is 0.365. The highest BCUT2D eigenvalue weighted by atomic mass is 16.2. The third kappa shape index (κ3) is 4.43. The number of nitrogens with one attached hydrogen (secondary N) is 4. The molecule has 2 aromatic heterocycles. The van der Waals surface area contributed by atoms with Gasteiger partial charge in [0.2, 0.25) is 0 Å². The van der Waals surface area contributed by atoms with E-state index >= 15 is 0 Å². The molecule has 2 atom stereocenters. The summed E-state index contributed by atoms with van der Waals surface area (Å²) in [4.78, 5) is 34.5. The van der Waals surface area contributed by atoms with E-state index in [0.29, 0.717) is 28.6 Å². The van der Waals surface area contributed by atoms with Gasteiger partial charge in [0.25, 0.3) is 11.8 Å². The van der Waals surface area contributed by atoms with Crippen molar-refractivity contribution in [3.63, 3.8) is 0 Å². The average molecular weight is 438 g/mol. The van der Waals surface area contributed by atoms with E-state index in [1.165, 1.54) is 0 Å². The first-order chi connectivity index (χ1) is 16.2. The van der Waals surface area contributed by atoms with Crippen molar-refractivity contribution in [2.24, 2.45) is 0 Å². The molecule has 0 spiro atoms. The maximum Gasteiger partial charge on any atom is 0.270 e. The Hall–Kier alpha value is -4.14. The molecule has 4 aromatic rings. The lowest BCUT2D eigenvalue weighted by Crippen LogP contribution is -2.50. The van der Waals surface area contributed by atoms with Gasteiger partial charge in [-0.1, -0.05) is 48.5 Å². The Morgan fingerprint density at radius 1 is 0.909 bits per heavy atom. The number of carbonyl (C=O) groups excluding carboxylic acids is 2. The number of nitrogens with zero attached hydrogens (tertiary/aromatic N) is 2. The number of fused-ring (bicyclic) bond motifs is 1. The molecule has 2 unspecified atom stereocenters. The molecule has 3 heterocycles. The molecule has 5 rings (SSSR count). The molecule has 1 saturated heterocycles. The molecule has 2 amide bonds. The van der Waals surface area contributed by atoms with Crippen molar-refractivity contribution < 1.29 is 9.59 Å². The average Bonchev–Trinajstić information content (AvgIpc) is 3.38. The second-order valence-corrected chi connectivity index (χ2v) is 7.80. The summed E-state index contributed by atoms with van der Waals surface area (Å²) in [5, 5.41) is 0.696. The zero-order valence-electron chi connectivity index (χ0n) is 17.7. The number of hydrazine groups is 2. The zero-order valence-corrected chi connectivity index (χ0v) is 17.7. The van der Waals surface area contributed by atoms with Crippen LogP contribution in [-0.2, 0) is 4.79 Å². The summed E-state index contributed by atoms with van der Waals surface area (Å²) < 4.78 is 0. The minimum atomic E-state index is -0.476. The van der Waals surface area contributed by atoms with Crippen molar-refractivity contribution in [3.8, 4) is 11.3 Å². The number of rotatable bonds is 4. The summed E-state index contributed by atoms with van der Waals surface area (Å²) in [7, 11) is 0.